The second kappa shape index (κ2) is 44.2. The maximum absolute atomic E-state index is 4.45. The number of anilines is 1. The quantitative estimate of drug-likeness (QED) is 0.127. The Morgan fingerprint density at radius 2 is 1.26 bits per heavy atom. The van der Waals surface area contributed by atoms with Gasteiger partial charge in [0.15, 0.2) is 0 Å². The normalized spacial score (nSPS) is 9.65. The largest absolute Gasteiger partial charge is 0.351 e. The van der Waals surface area contributed by atoms with E-state index in [0.717, 1.165) is 23.5 Å². The standard InChI is InChI=1S/C14H16N4.C11H22.C7H16.C4H10.2C2H6.C2H2/c1-3-4-8-15-14-16-9-7-13(18-14)12-6-5-11(2)17-10-12;1-5-8-11(4,9-6-2)10-7-3;1-3-5-7-6-4-2;1-3-4-2;3*1-2/h3-7,9-10H,8H2,1-2H3,(H,15,16,18);5,8H,6-7,9-10H2,1-4H3;3-7H2,1-2H3;3-4H2,1-2H3;2*1-2H3;1-2H/b;8-5+;;;;;. The molecule has 2 rings (SSSR count). The molecule has 0 unspecified atom stereocenters. The van der Waals surface area contributed by atoms with Crippen molar-refractivity contribution in [1.29, 1.82) is 0 Å². The van der Waals surface area contributed by atoms with Gasteiger partial charge >= 0.3 is 0 Å². The molecular formula is C42H78N4. The first-order valence-electron chi connectivity index (χ1n) is 18.4. The molecule has 2 heterocycles. The third-order valence-electron chi connectivity index (χ3n) is 6.39. The number of nitrogens with one attached hydrogen (secondary N) is 1. The predicted octanol–water partition coefficient (Wildman–Crippen LogP) is 14.1. The summed E-state index contributed by atoms with van der Waals surface area (Å²) >= 11 is 0. The van der Waals surface area contributed by atoms with Gasteiger partial charge in [0.1, 0.15) is 0 Å². The molecule has 0 saturated heterocycles. The molecule has 4 heteroatoms. The molecular weight excluding hydrogens is 560 g/mol. The van der Waals surface area contributed by atoms with E-state index >= 15 is 0 Å². The summed E-state index contributed by atoms with van der Waals surface area (Å²) in [6.07, 6.45) is 35.0. The van der Waals surface area contributed by atoms with Gasteiger partial charge in [-0.3, -0.25) is 4.98 Å². The van der Waals surface area contributed by atoms with Gasteiger partial charge in [-0.15, -0.1) is 12.8 Å². The van der Waals surface area contributed by atoms with Gasteiger partial charge < -0.3 is 5.32 Å². The summed E-state index contributed by atoms with van der Waals surface area (Å²) in [4.78, 5) is 12.9. The molecule has 0 saturated carbocycles. The second-order valence-corrected chi connectivity index (χ2v) is 10.6. The van der Waals surface area contributed by atoms with E-state index in [1.807, 2.05) is 78.1 Å². The van der Waals surface area contributed by atoms with Crippen molar-refractivity contribution in [2.75, 3.05) is 11.9 Å². The van der Waals surface area contributed by atoms with Gasteiger partial charge in [0, 0.05) is 30.2 Å². The highest BCUT2D eigenvalue weighted by molar-refractivity contribution is 5.58. The number of allylic oxidation sites excluding steroid dienone is 3. The lowest BCUT2D eigenvalue weighted by atomic mass is 9.81. The molecule has 2 aromatic rings. The van der Waals surface area contributed by atoms with Crippen LogP contribution in [0.2, 0.25) is 0 Å². The Hall–Kier alpha value is -2.93. The molecule has 4 nitrogen and oxygen atoms in total. The maximum atomic E-state index is 4.45. The van der Waals surface area contributed by atoms with Crippen LogP contribution < -0.4 is 5.32 Å². The summed E-state index contributed by atoms with van der Waals surface area (Å²) in [5.41, 5.74) is 3.34. The van der Waals surface area contributed by atoms with Crippen LogP contribution in [-0.2, 0) is 0 Å². The summed E-state index contributed by atoms with van der Waals surface area (Å²) < 4.78 is 0. The van der Waals surface area contributed by atoms with E-state index in [9.17, 15) is 0 Å². The SMILES string of the molecule is C#C.C/C=C/C(C)(CCC)CCC.CC.CC.CC=CCNc1nccc(-c2ccc(C)nc2)n1.CCCC.CCCCCCC. The minimum absolute atomic E-state index is 0.470. The van der Waals surface area contributed by atoms with Crippen molar-refractivity contribution >= 4 is 5.95 Å². The Bertz CT molecular complexity index is 885. The van der Waals surface area contributed by atoms with E-state index in [-0.39, 0.29) is 0 Å². The number of aromatic nitrogens is 3. The molecule has 0 amide bonds. The minimum Gasteiger partial charge on any atom is -0.351 e. The van der Waals surface area contributed by atoms with Gasteiger partial charge in [-0.1, -0.05) is 158 Å². The van der Waals surface area contributed by atoms with E-state index in [0.29, 0.717) is 11.4 Å². The Morgan fingerprint density at radius 3 is 1.65 bits per heavy atom. The molecule has 0 spiro atoms. The summed E-state index contributed by atoms with van der Waals surface area (Å²) in [6.45, 7) is 30.5. The van der Waals surface area contributed by atoms with Gasteiger partial charge in [0.05, 0.1) is 5.69 Å². The van der Waals surface area contributed by atoms with Gasteiger partial charge in [0.25, 0.3) is 0 Å². The molecule has 0 aliphatic rings. The monoisotopic (exact) mass is 639 g/mol. The Labute approximate surface area is 289 Å². The van der Waals surface area contributed by atoms with E-state index in [1.54, 1.807) is 6.20 Å². The highest BCUT2D eigenvalue weighted by atomic mass is 15.1. The summed E-state index contributed by atoms with van der Waals surface area (Å²) in [5.74, 6) is 0.631. The van der Waals surface area contributed by atoms with Crippen LogP contribution in [0.4, 0.5) is 5.95 Å². The van der Waals surface area contributed by atoms with Crippen LogP contribution in [0.5, 0.6) is 0 Å². The van der Waals surface area contributed by atoms with Crippen LogP contribution in [0.15, 0.2) is 54.9 Å². The fourth-order valence-electron chi connectivity index (χ4n) is 4.01. The first-order chi connectivity index (χ1) is 22.3. The molecule has 0 atom stereocenters. The maximum Gasteiger partial charge on any atom is 0.223 e. The number of terminal acetylenes is 1. The molecule has 0 bridgehead atoms. The van der Waals surface area contributed by atoms with Crippen LogP contribution in [0.25, 0.3) is 11.3 Å². The fraction of sp³-hybridized carbons (Fsp3) is 0.643. The smallest absolute Gasteiger partial charge is 0.223 e. The third-order valence-corrected chi connectivity index (χ3v) is 6.39. The van der Waals surface area contributed by atoms with Crippen molar-refractivity contribution < 1.29 is 0 Å². The number of aryl methyl sites for hydroxylation is 1. The van der Waals surface area contributed by atoms with Crippen LogP contribution in [0, 0.1) is 25.2 Å². The molecule has 2 aromatic heterocycles. The molecule has 266 valence electrons. The van der Waals surface area contributed by atoms with Crippen molar-refractivity contribution in [1.82, 2.24) is 15.0 Å². The van der Waals surface area contributed by atoms with E-state index in [2.05, 4.69) is 101 Å². The molecule has 0 aromatic carbocycles. The average molecular weight is 639 g/mol. The van der Waals surface area contributed by atoms with Crippen molar-refractivity contribution in [3.63, 3.8) is 0 Å². The van der Waals surface area contributed by atoms with Gasteiger partial charge in [-0.05, 0) is 57.2 Å². The van der Waals surface area contributed by atoms with Crippen molar-refractivity contribution in [2.24, 2.45) is 5.41 Å². The predicted molar refractivity (Wildman–Crippen MR) is 214 cm³/mol. The molecule has 1 N–H and O–H groups in total. The Balaban J connectivity index is -0.000000172. The van der Waals surface area contributed by atoms with Crippen molar-refractivity contribution in [3.05, 3.63) is 60.6 Å². The Morgan fingerprint density at radius 1 is 0.717 bits per heavy atom. The summed E-state index contributed by atoms with van der Waals surface area (Å²) in [5, 5.41) is 3.14. The van der Waals surface area contributed by atoms with E-state index in [1.165, 1.54) is 70.6 Å². The molecule has 0 radical (unpaired) electrons. The van der Waals surface area contributed by atoms with Crippen molar-refractivity contribution in [3.8, 4) is 24.1 Å². The first-order valence-corrected chi connectivity index (χ1v) is 18.4. The zero-order valence-electron chi connectivity index (χ0n) is 33.2. The lowest BCUT2D eigenvalue weighted by Gasteiger charge is -2.24. The topological polar surface area (TPSA) is 50.7 Å². The van der Waals surface area contributed by atoms with Crippen LogP contribution in [0.1, 0.15) is 166 Å². The highest BCUT2D eigenvalue weighted by Crippen LogP contribution is 2.30. The zero-order valence-corrected chi connectivity index (χ0v) is 33.2. The minimum atomic E-state index is 0.470. The fourth-order valence-corrected chi connectivity index (χ4v) is 4.01. The second-order valence-electron chi connectivity index (χ2n) is 10.6. The molecule has 46 heavy (non-hydrogen) atoms. The number of hydrogen-bond donors (Lipinski definition) is 1. The van der Waals surface area contributed by atoms with Crippen LogP contribution in [-0.4, -0.2) is 21.5 Å². The summed E-state index contributed by atoms with van der Waals surface area (Å²) in [6, 6.07) is 5.87. The number of pyridine rings is 1. The van der Waals surface area contributed by atoms with Gasteiger partial charge in [0.2, 0.25) is 5.95 Å². The number of hydrogen-bond acceptors (Lipinski definition) is 4. The number of nitrogens with zero attached hydrogens (tertiary/aromatic N) is 3. The molecule has 0 aliphatic carbocycles. The highest BCUT2D eigenvalue weighted by Gasteiger charge is 2.17. The van der Waals surface area contributed by atoms with E-state index in [4.69, 9.17) is 0 Å². The number of unbranched alkanes of at least 4 members (excludes halogenated alkanes) is 5. The first kappa shape index (κ1) is 52.6. The molecule has 0 fully saturated rings. The van der Waals surface area contributed by atoms with Gasteiger partial charge in [-0.25, -0.2) is 9.97 Å². The lowest BCUT2D eigenvalue weighted by Crippen LogP contribution is -2.11. The van der Waals surface area contributed by atoms with Gasteiger partial charge in [-0.2, -0.15) is 0 Å². The average Bonchev–Trinajstić information content (AvgIpc) is 3.09. The van der Waals surface area contributed by atoms with E-state index < -0.39 is 0 Å². The molecule has 0 aliphatic heterocycles. The summed E-state index contributed by atoms with van der Waals surface area (Å²) in [7, 11) is 0. The lowest BCUT2D eigenvalue weighted by molar-refractivity contribution is 0.352. The van der Waals surface area contributed by atoms with Crippen LogP contribution in [0.3, 0.4) is 0 Å². The third kappa shape index (κ3) is 35.5. The number of rotatable bonds is 14. The Kier molecular flexibility index (Phi) is 50.5. The van der Waals surface area contributed by atoms with Crippen LogP contribution >= 0.6 is 0 Å². The van der Waals surface area contributed by atoms with Crippen molar-refractivity contribution in [2.45, 2.75) is 168 Å². The zero-order chi connectivity index (χ0) is 36.5.